The molecule has 0 saturated carbocycles. The predicted octanol–water partition coefficient (Wildman–Crippen LogP) is -0.324. The second-order valence-electron chi connectivity index (χ2n) is 5.94. The number of carbonyl (C=O) groups is 4. The van der Waals surface area contributed by atoms with Gasteiger partial charge in [0.15, 0.2) is 0 Å². The van der Waals surface area contributed by atoms with Gasteiger partial charge in [0.05, 0.1) is 0 Å². The molecular weight excluding hydrogens is 320 g/mol. The molecule has 4 unspecified atom stereocenters. The zero-order valence-corrected chi connectivity index (χ0v) is 13.3. The van der Waals surface area contributed by atoms with Gasteiger partial charge in [-0.2, -0.15) is 0 Å². The summed E-state index contributed by atoms with van der Waals surface area (Å²) in [4.78, 5) is 45.0. The second kappa shape index (κ2) is 8.44. The van der Waals surface area contributed by atoms with Crippen molar-refractivity contribution >= 4 is 23.8 Å². The van der Waals surface area contributed by atoms with Crippen LogP contribution in [0.4, 0.5) is 0 Å². The molecule has 0 spiro atoms. The van der Waals surface area contributed by atoms with Crippen LogP contribution >= 0.6 is 0 Å². The van der Waals surface area contributed by atoms with Crippen LogP contribution in [-0.2, 0) is 19.2 Å². The van der Waals surface area contributed by atoms with Crippen molar-refractivity contribution in [2.24, 2.45) is 11.8 Å². The van der Waals surface area contributed by atoms with E-state index in [0.29, 0.717) is 6.54 Å². The lowest BCUT2D eigenvalue weighted by molar-refractivity contribution is -0.144. The van der Waals surface area contributed by atoms with Crippen molar-refractivity contribution < 1.29 is 34.5 Å². The summed E-state index contributed by atoms with van der Waals surface area (Å²) in [6, 6.07) is -2.24. The minimum atomic E-state index is -1.33. The lowest BCUT2D eigenvalue weighted by Crippen LogP contribution is -2.44. The van der Waals surface area contributed by atoms with E-state index in [4.69, 9.17) is 10.2 Å². The normalized spacial score (nSPS) is 24.1. The highest BCUT2D eigenvalue weighted by Gasteiger charge is 2.41. The van der Waals surface area contributed by atoms with Gasteiger partial charge >= 0.3 is 17.9 Å². The molecule has 0 aliphatic carbocycles. The van der Waals surface area contributed by atoms with E-state index in [-0.39, 0.29) is 18.8 Å². The SMILES string of the molecule is C=C(C)C1CNC(C(=O)O)C1CC(=O)NC(CCC(=O)O)C(=O)O. The quantitative estimate of drug-likeness (QED) is 0.357. The van der Waals surface area contributed by atoms with Gasteiger partial charge < -0.3 is 26.0 Å². The number of carboxylic acids is 3. The average molecular weight is 342 g/mol. The van der Waals surface area contributed by atoms with Crippen LogP contribution < -0.4 is 10.6 Å². The first kappa shape index (κ1) is 19.6. The highest BCUT2D eigenvalue weighted by molar-refractivity contribution is 5.85. The largest absolute Gasteiger partial charge is 0.481 e. The van der Waals surface area contributed by atoms with Crippen LogP contribution in [0.25, 0.3) is 0 Å². The van der Waals surface area contributed by atoms with Crippen molar-refractivity contribution in [3.05, 3.63) is 12.2 Å². The molecule has 1 rings (SSSR count). The Morgan fingerprint density at radius 2 is 1.88 bits per heavy atom. The Hall–Kier alpha value is -2.42. The number of carbonyl (C=O) groups excluding carboxylic acids is 1. The minimum Gasteiger partial charge on any atom is -0.481 e. The highest BCUT2D eigenvalue weighted by Crippen LogP contribution is 2.30. The molecule has 0 aromatic heterocycles. The molecule has 0 radical (unpaired) electrons. The van der Waals surface area contributed by atoms with Crippen LogP contribution in [0.5, 0.6) is 0 Å². The Kier molecular flexibility index (Phi) is 6.90. The molecule has 1 saturated heterocycles. The zero-order valence-electron chi connectivity index (χ0n) is 13.3. The molecule has 1 aliphatic heterocycles. The van der Waals surface area contributed by atoms with Crippen molar-refractivity contribution in [2.75, 3.05) is 6.54 Å². The van der Waals surface area contributed by atoms with E-state index in [9.17, 15) is 24.3 Å². The lowest BCUT2D eigenvalue weighted by atomic mass is 9.83. The summed E-state index contributed by atoms with van der Waals surface area (Å²) in [7, 11) is 0. The van der Waals surface area contributed by atoms with E-state index in [1.54, 1.807) is 6.92 Å². The van der Waals surface area contributed by atoms with Gasteiger partial charge in [0.25, 0.3) is 0 Å². The number of hydrogen-bond donors (Lipinski definition) is 5. The number of rotatable bonds is 9. The second-order valence-corrected chi connectivity index (χ2v) is 5.94. The fourth-order valence-corrected chi connectivity index (χ4v) is 2.85. The van der Waals surface area contributed by atoms with Gasteiger partial charge in [-0.15, -0.1) is 0 Å². The monoisotopic (exact) mass is 342 g/mol. The molecule has 1 heterocycles. The van der Waals surface area contributed by atoms with Gasteiger partial charge in [0, 0.05) is 25.3 Å². The number of aliphatic carboxylic acids is 3. The van der Waals surface area contributed by atoms with Crippen LogP contribution in [0.1, 0.15) is 26.2 Å². The molecule has 9 nitrogen and oxygen atoms in total. The lowest BCUT2D eigenvalue weighted by Gasteiger charge is -2.22. The molecule has 134 valence electrons. The summed E-state index contributed by atoms with van der Waals surface area (Å²) in [6.07, 6.45) is -0.821. The standard InChI is InChI=1S/C15H22N2O7/c1-7(2)9-6-16-13(15(23)24)8(9)5-11(18)17-10(14(21)22)3-4-12(19)20/h8-10,13,16H,1,3-6H2,2H3,(H,17,18)(H,19,20)(H,21,22)(H,23,24). The van der Waals surface area contributed by atoms with Crippen LogP contribution in [-0.4, -0.2) is 57.8 Å². The van der Waals surface area contributed by atoms with Crippen LogP contribution in [0.3, 0.4) is 0 Å². The Bertz CT molecular complexity index is 524. The first-order valence-electron chi connectivity index (χ1n) is 7.49. The van der Waals surface area contributed by atoms with Crippen molar-refractivity contribution in [1.29, 1.82) is 0 Å². The van der Waals surface area contributed by atoms with E-state index in [2.05, 4.69) is 17.2 Å². The Balaban J connectivity index is 2.74. The molecule has 5 N–H and O–H groups in total. The van der Waals surface area contributed by atoms with Gasteiger partial charge in [-0.1, -0.05) is 12.2 Å². The van der Waals surface area contributed by atoms with Gasteiger partial charge in [0.2, 0.25) is 5.91 Å². The minimum absolute atomic E-state index is 0.182. The Labute approximate surface area is 138 Å². The van der Waals surface area contributed by atoms with E-state index in [1.165, 1.54) is 0 Å². The average Bonchev–Trinajstić information content (AvgIpc) is 2.86. The first-order chi connectivity index (χ1) is 11.1. The molecule has 0 aromatic carbocycles. The molecule has 9 heteroatoms. The van der Waals surface area contributed by atoms with Crippen LogP contribution in [0.15, 0.2) is 12.2 Å². The molecule has 0 aromatic rings. The summed E-state index contributed by atoms with van der Waals surface area (Å²) in [5.41, 5.74) is 0.740. The third-order valence-electron chi connectivity index (χ3n) is 4.10. The smallest absolute Gasteiger partial charge is 0.326 e. The van der Waals surface area contributed by atoms with E-state index in [0.717, 1.165) is 5.57 Å². The number of hydrogen-bond acceptors (Lipinski definition) is 5. The van der Waals surface area contributed by atoms with Crippen LogP contribution in [0, 0.1) is 11.8 Å². The Morgan fingerprint density at radius 1 is 1.25 bits per heavy atom. The van der Waals surface area contributed by atoms with Crippen LogP contribution in [0.2, 0.25) is 0 Å². The molecule has 4 atom stereocenters. The molecule has 24 heavy (non-hydrogen) atoms. The molecule has 1 fully saturated rings. The maximum Gasteiger partial charge on any atom is 0.326 e. The topological polar surface area (TPSA) is 153 Å². The summed E-state index contributed by atoms with van der Waals surface area (Å²) in [5.74, 6) is -4.96. The number of amides is 1. The summed E-state index contributed by atoms with van der Waals surface area (Å²) >= 11 is 0. The summed E-state index contributed by atoms with van der Waals surface area (Å²) < 4.78 is 0. The highest BCUT2D eigenvalue weighted by atomic mass is 16.4. The summed E-state index contributed by atoms with van der Waals surface area (Å²) in [5, 5.41) is 32.0. The van der Waals surface area contributed by atoms with Gasteiger partial charge in [-0.25, -0.2) is 4.79 Å². The van der Waals surface area contributed by atoms with Gasteiger partial charge in [-0.05, 0) is 19.3 Å². The van der Waals surface area contributed by atoms with E-state index >= 15 is 0 Å². The third-order valence-corrected chi connectivity index (χ3v) is 4.10. The first-order valence-corrected chi connectivity index (χ1v) is 7.49. The molecule has 1 amide bonds. The van der Waals surface area contributed by atoms with Crippen molar-refractivity contribution in [3.63, 3.8) is 0 Å². The van der Waals surface area contributed by atoms with Gasteiger partial charge in [0.1, 0.15) is 12.1 Å². The fraction of sp³-hybridized carbons (Fsp3) is 0.600. The van der Waals surface area contributed by atoms with Gasteiger partial charge in [-0.3, -0.25) is 14.4 Å². The number of carboxylic acid groups (broad SMARTS) is 3. The third kappa shape index (κ3) is 5.34. The number of nitrogens with one attached hydrogen (secondary N) is 2. The van der Waals surface area contributed by atoms with Crippen molar-refractivity contribution in [3.8, 4) is 0 Å². The maximum atomic E-state index is 12.1. The zero-order chi connectivity index (χ0) is 18.4. The van der Waals surface area contributed by atoms with Crippen molar-refractivity contribution in [1.82, 2.24) is 10.6 Å². The van der Waals surface area contributed by atoms with E-state index in [1.807, 2.05) is 0 Å². The Morgan fingerprint density at radius 3 is 2.33 bits per heavy atom. The summed E-state index contributed by atoms with van der Waals surface area (Å²) in [6.45, 7) is 5.93. The maximum absolute atomic E-state index is 12.1. The predicted molar refractivity (Wildman–Crippen MR) is 82.3 cm³/mol. The molecule has 0 bridgehead atoms. The fourth-order valence-electron chi connectivity index (χ4n) is 2.85. The van der Waals surface area contributed by atoms with E-state index < -0.39 is 48.2 Å². The molecular formula is C15H22N2O7. The molecule has 1 aliphatic rings. The van der Waals surface area contributed by atoms with Crippen molar-refractivity contribution in [2.45, 2.75) is 38.3 Å².